The predicted octanol–water partition coefficient (Wildman–Crippen LogP) is 6.32. The Morgan fingerprint density at radius 1 is 1.22 bits per heavy atom. The third-order valence-corrected chi connectivity index (χ3v) is 6.53. The summed E-state index contributed by atoms with van der Waals surface area (Å²) in [4.78, 5) is 14.6. The molecule has 0 N–H and O–H groups in total. The van der Waals surface area contributed by atoms with Gasteiger partial charge >= 0.3 is 0 Å². The third-order valence-electron chi connectivity index (χ3n) is 3.97. The van der Waals surface area contributed by atoms with Gasteiger partial charge in [0.25, 0.3) is 5.91 Å². The molecule has 1 amide bonds. The lowest BCUT2D eigenvalue weighted by atomic mass is 10.1. The standard InChI is InChI=1S/C20H17Br2NO2S2/c1-3-23-19(24)17(27-20(23)26)10-14-8-15(21)18(16(22)9-14)25-11-13-6-4-5-12(2)7-13/h4-10H,3,11H2,1-2H3/b17-10-. The van der Waals surface area contributed by atoms with Crippen LogP contribution in [0.5, 0.6) is 5.75 Å². The van der Waals surface area contributed by atoms with E-state index >= 15 is 0 Å². The summed E-state index contributed by atoms with van der Waals surface area (Å²) in [7, 11) is 0. The number of thioether (sulfide) groups is 1. The Hall–Kier alpha value is -1.15. The number of aryl methyl sites for hydroxylation is 1. The first-order valence-electron chi connectivity index (χ1n) is 8.31. The van der Waals surface area contributed by atoms with Gasteiger partial charge < -0.3 is 4.74 Å². The van der Waals surface area contributed by atoms with Crippen LogP contribution in [0.4, 0.5) is 0 Å². The molecule has 1 heterocycles. The minimum atomic E-state index is -0.0421. The summed E-state index contributed by atoms with van der Waals surface area (Å²) >= 11 is 13.7. The van der Waals surface area contributed by atoms with E-state index in [1.54, 1.807) is 4.90 Å². The van der Waals surface area contributed by atoms with Crippen LogP contribution in [0.3, 0.4) is 0 Å². The fourth-order valence-electron chi connectivity index (χ4n) is 2.68. The molecule has 0 aromatic heterocycles. The zero-order valence-electron chi connectivity index (χ0n) is 14.8. The molecule has 3 nitrogen and oxygen atoms in total. The molecule has 1 fully saturated rings. The fourth-order valence-corrected chi connectivity index (χ4v) is 5.52. The van der Waals surface area contributed by atoms with Gasteiger partial charge in [-0.2, -0.15) is 0 Å². The predicted molar refractivity (Wildman–Crippen MR) is 123 cm³/mol. The van der Waals surface area contributed by atoms with Crippen LogP contribution in [-0.4, -0.2) is 21.7 Å². The molecule has 2 aromatic carbocycles. The second kappa shape index (κ2) is 8.90. The van der Waals surface area contributed by atoms with Crippen LogP contribution in [0.15, 0.2) is 50.2 Å². The molecule has 3 rings (SSSR count). The summed E-state index contributed by atoms with van der Waals surface area (Å²) < 4.78 is 8.23. The Labute approximate surface area is 185 Å². The van der Waals surface area contributed by atoms with Crippen molar-refractivity contribution in [2.24, 2.45) is 0 Å². The number of hydrogen-bond acceptors (Lipinski definition) is 4. The summed E-state index contributed by atoms with van der Waals surface area (Å²) in [5, 5.41) is 0. The molecule has 0 saturated carbocycles. The van der Waals surface area contributed by atoms with Crippen molar-refractivity contribution < 1.29 is 9.53 Å². The minimum absolute atomic E-state index is 0.0421. The molecule has 0 unspecified atom stereocenters. The van der Waals surface area contributed by atoms with E-state index in [0.717, 1.165) is 25.8 Å². The Morgan fingerprint density at radius 3 is 2.52 bits per heavy atom. The molecule has 140 valence electrons. The SMILES string of the molecule is CCN1C(=O)/C(=C/c2cc(Br)c(OCc3cccc(C)c3)c(Br)c2)SC1=S. The molecular weight excluding hydrogens is 510 g/mol. The van der Waals surface area contributed by atoms with Gasteiger partial charge in [-0.3, -0.25) is 9.69 Å². The van der Waals surface area contributed by atoms with Crippen LogP contribution >= 0.6 is 55.8 Å². The number of hydrogen-bond donors (Lipinski definition) is 0. The smallest absolute Gasteiger partial charge is 0.266 e. The second-order valence-electron chi connectivity index (χ2n) is 6.02. The summed E-state index contributed by atoms with van der Waals surface area (Å²) in [5.41, 5.74) is 3.21. The quantitative estimate of drug-likeness (QED) is 0.337. The van der Waals surface area contributed by atoms with E-state index in [4.69, 9.17) is 17.0 Å². The number of amides is 1. The van der Waals surface area contributed by atoms with Gasteiger partial charge in [-0.05, 0) is 75.0 Å². The van der Waals surface area contributed by atoms with Gasteiger partial charge in [0.1, 0.15) is 16.7 Å². The lowest BCUT2D eigenvalue weighted by Gasteiger charge is -2.12. The zero-order valence-corrected chi connectivity index (χ0v) is 19.6. The molecule has 1 aliphatic heterocycles. The fraction of sp³-hybridized carbons (Fsp3) is 0.200. The first kappa shape index (κ1) is 20.6. The maximum absolute atomic E-state index is 12.4. The summed E-state index contributed by atoms with van der Waals surface area (Å²) in [6, 6.07) is 12.1. The van der Waals surface area contributed by atoms with E-state index in [9.17, 15) is 4.79 Å². The van der Waals surface area contributed by atoms with Crippen LogP contribution in [0.1, 0.15) is 23.6 Å². The van der Waals surface area contributed by atoms with E-state index in [2.05, 4.69) is 50.9 Å². The largest absolute Gasteiger partial charge is 0.487 e. The summed E-state index contributed by atoms with van der Waals surface area (Å²) in [5.74, 6) is 0.689. The van der Waals surface area contributed by atoms with Gasteiger partial charge in [-0.15, -0.1) is 0 Å². The topological polar surface area (TPSA) is 29.5 Å². The number of carbonyl (C=O) groups excluding carboxylic acids is 1. The number of benzene rings is 2. The molecule has 7 heteroatoms. The van der Waals surface area contributed by atoms with E-state index in [1.165, 1.54) is 17.3 Å². The highest BCUT2D eigenvalue weighted by atomic mass is 79.9. The Morgan fingerprint density at radius 2 is 1.93 bits per heavy atom. The highest BCUT2D eigenvalue weighted by molar-refractivity contribution is 9.11. The van der Waals surface area contributed by atoms with E-state index in [0.29, 0.717) is 22.4 Å². The van der Waals surface area contributed by atoms with Crippen LogP contribution in [0, 0.1) is 6.92 Å². The van der Waals surface area contributed by atoms with Crippen LogP contribution in [0.25, 0.3) is 6.08 Å². The number of thiocarbonyl (C=S) groups is 1. The molecule has 1 aliphatic rings. The van der Waals surface area contributed by atoms with Crippen molar-refractivity contribution in [3.05, 3.63) is 66.9 Å². The Kier molecular flexibility index (Phi) is 6.78. The van der Waals surface area contributed by atoms with Crippen molar-refractivity contribution in [2.75, 3.05) is 6.54 Å². The molecule has 2 aromatic rings. The van der Waals surface area contributed by atoms with Gasteiger partial charge in [-0.1, -0.05) is 53.8 Å². The number of ether oxygens (including phenoxy) is 1. The van der Waals surface area contributed by atoms with Crippen molar-refractivity contribution in [3.63, 3.8) is 0 Å². The molecule has 1 saturated heterocycles. The third kappa shape index (κ3) is 4.83. The van der Waals surface area contributed by atoms with E-state index in [-0.39, 0.29) is 5.91 Å². The van der Waals surface area contributed by atoms with Gasteiger partial charge in [-0.25, -0.2) is 0 Å². The van der Waals surface area contributed by atoms with E-state index < -0.39 is 0 Å². The summed E-state index contributed by atoms with van der Waals surface area (Å²) in [6.07, 6.45) is 1.86. The maximum Gasteiger partial charge on any atom is 0.266 e. The average Bonchev–Trinajstić information content (AvgIpc) is 2.87. The molecule has 0 aliphatic carbocycles. The molecule has 0 bridgehead atoms. The molecule has 0 radical (unpaired) electrons. The molecular formula is C20H17Br2NO2S2. The average molecular weight is 527 g/mol. The number of halogens is 2. The maximum atomic E-state index is 12.4. The number of nitrogens with zero attached hydrogens (tertiary/aromatic N) is 1. The van der Waals surface area contributed by atoms with Gasteiger partial charge in [0.2, 0.25) is 0 Å². The highest BCUT2D eigenvalue weighted by Crippen LogP contribution is 2.38. The molecule has 27 heavy (non-hydrogen) atoms. The molecule has 0 atom stereocenters. The zero-order chi connectivity index (χ0) is 19.6. The van der Waals surface area contributed by atoms with Gasteiger partial charge in [0.05, 0.1) is 13.9 Å². The number of carbonyl (C=O) groups is 1. The molecule has 0 spiro atoms. The Bertz CT molecular complexity index is 920. The minimum Gasteiger partial charge on any atom is -0.487 e. The first-order valence-corrected chi connectivity index (χ1v) is 11.1. The van der Waals surface area contributed by atoms with Crippen LogP contribution in [-0.2, 0) is 11.4 Å². The van der Waals surface area contributed by atoms with Gasteiger partial charge in [0, 0.05) is 6.54 Å². The highest BCUT2D eigenvalue weighted by Gasteiger charge is 2.30. The summed E-state index contributed by atoms with van der Waals surface area (Å²) in [6.45, 7) is 5.04. The Balaban J connectivity index is 1.80. The number of likely N-dealkylation sites (N-methyl/N-ethyl adjacent to an activating group) is 1. The van der Waals surface area contributed by atoms with Crippen molar-refractivity contribution in [1.82, 2.24) is 4.90 Å². The lowest BCUT2D eigenvalue weighted by molar-refractivity contribution is -0.121. The van der Waals surface area contributed by atoms with Crippen LogP contribution < -0.4 is 4.74 Å². The van der Waals surface area contributed by atoms with Crippen molar-refractivity contribution in [2.45, 2.75) is 20.5 Å². The monoisotopic (exact) mass is 525 g/mol. The normalized spacial score (nSPS) is 15.7. The van der Waals surface area contributed by atoms with Gasteiger partial charge in [0.15, 0.2) is 0 Å². The van der Waals surface area contributed by atoms with Crippen molar-refractivity contribution >= 4 is 72.1 Å². The lowest BCUT2D eigenvalue weighted by Crippen LogP contribution is -2.27. The van der Waals surface area contributed by atoms with Crippen LogP contribution in [0.2, 0.25) is 0 Å². The number of rotatable bonds is 5. The first-order chi connectivity index (χ1) is 12.9. The van der Waals surface area contributed by atoms with Crippen molar-refractivity contribution in [3.8, 4) is 5.75 Å². The second-order valence-corrected chi connectivity index (χ2v) is 9.40. The van der Waals surface area contributed by atoms with Crippen molar-refractivity contribution in [1.29, 1.82) is 0 Å². The van der Waals surface area contributed by atoms with E-state index in [1.807, 2.05) is 37.3 Å².